The Morgan fingerprint density at radius 1 is 1.38 bits per heavy atom. The summed E-state index contributed by atoms with van der Waals surface area (Å²) in [6, 6.07) is 5.26. The highest BCUT2D eigenvalue weighted by Crippen LogP contribution is 2.12. The lowest BCUT2D eigenvalue weighted by atomic mass is 10.2. The molecule has 6 nitrogen and oxygen atoms in total. The monoisotopic (exact) mass is 307 g/mol. The fraction of sp³-hybridized carbons (Fsp3) is 0.0769. The van der Waals surface area contributed by atoms with Gasteiger partial charge in [0, 0.05) is 11.1 Å². The predicted octanol–water partition coefficient (Wildman–Crippen LogP) is 1.64. The minimum absolute atomic E-state index is 0.223. The van der Waals surface area contributed by atoms with Crippen LogP contribution in [0.25, 0.3) is 0 Å². The van der Waals surface area contributed by atoms with E-state index in [0.29, 0.717) is 5.69 Å². The molecule has 0 atom stereocenters. The van der Waals surface area contributed by atoms with E-state index in [2.05, 4.69) is 15.0 Å². The molecule has 0 spiro atoms. The van der Waals surface area contributed by atoms with Crippen molar-refractivity contribution in [3.63, 3.8) is 0 Å². The number of nitrogens with zero attached hydrogens (tertiary/aromatic N) is 2. The van der Waals surface area contributed by atoms with Crippen LogP contribution in [0.5, 0.6) is 0 Å². The molecule has 0 unspecified atom stereocenters. The topological polar surface area (TPSA) is 94.6 Å². The predicted molar refractivity (Wildman–Crippen MR) is 74.4 cm³/mol. The summed E-state index contributed by atoms with van der Waals surface area (Å²) in [6.07, 6.45) is 0. The lowest BCUT2D eigenvalue weighted by Gasteiger charge is -2.01. The number of hydrogen-bond acceptors (Lipinski definition) is 6. The molecule has 0 fully saturated rings. The van der Waals surface area contributed by atoms with Gasteiger partial charge in [0.05, 0.1) is 5.56 Å². The Bertz CT molecular complexity index is 727. The Hall–Kier alpha value is -2.61. The minimum Gasteiger partial charge on any atom is -0.364 e. The first-order valence-corrected chi connectivity index (χ1v) is 6.63. The zero-order valence-corrected chi connectivity index (χ0v) is 11.7. The number of amides is 1. The second kappa shape index (κ2) is 6.23. The third kappa shape index (κ3) is 3.48. The molecule has 0 bridgehead atoms. The number of nitrogens with two attached hydrogens (primary N) is 1. The summed E-state index contributed by atoms with van der Waals surface area (Å²) >= 11 is 1.13. The van der Waals surface area contributed by atoms with Crippen LogP contribution in [0.4, 0.5) is 4.39 Å². The van der Waals surface area contributed by atoms with Gasteiger partial charge in [0.2, 0.25) is 5.71 Å². The Balaban J connectivity index is 2.23. The van der Waals surface area contributed by atoms with Crippen molar-refractivity contribution in [2.75, 3.05) is 0 Å². The van der Waals surface area contributed by atoms with Crippen molar-refractivity contribution in [2.24, 2.45) is 10.9 Å². The molecule has 0 saturated carbocycles. The highest BCUT2D eigenvalue weighted by molar-refractivity contribution is 7.12. The second-order valence-electron chi connectivity index (χ2n) is 3.96. The summed E-state index contributed by atoms with van der Waals surface area (Å²) in [6.45, 7) is 1.73. The lowest BCUT2D eigenvalue weighted by molar-refractivity contribution is -0.112. The summed E-state index contributed by atoms with van der Waals surface area (Å²) in [5, 5.41) is 5.31. The van der Waals surface area contributed by atoms with Crippen LogP contribution >= 0.6 is 11.3 Å². The van der Waals surface area contributed by atoms with Gasteiger partial charge in [-0.05, 0) is 19.1 Å². The van der Waals surface area contributed by atoms with Gasteiger partial charge in [-0.25, -0.2) is 14.2 Å². The van der Waals surface area contributed by atoms with Crippen LogP contribution in [-0.4, -0.2) is 22.6 Å². The third-order valence-corrected chi connectivity index (χ3v) is 3.34. The molecule has 1 amide bonds. The summed E-state index contributed by atoms with van der Waals surface area (Å²) in [7, 11) is 0. The number of carbonyl (C=O) groups is 2. The number of benzene rings is 1. The molecule has 0 aliphatic carbocycles. The largest absolute Gasteiger partial charge is 0.368 e. The average molecular weight is 307 g/mol. The van der Waals surface area contributed by atoms with Crippen molar-refractivity contribution >= 4 is 28.9 Å². The SMILES string of the molecule is Cc1csc(/C(=N/OC(=O)c2ccccc2F)C(N)=O)n1. The van der Waals surface area contributed by atoms with E-state index in [0.717, 1.165) is 17.4 Å². The highest BCUT2D eigenvalue weighted by Gasteiger charge is 2.18. The van der Waals surface area contributed by atoms with Crippen LogP contribution in [0, 0.1) is 12.7 Å². The molecule has 2 N–H and O–H groups in total. The van der Waals surface area contributed by atoms with E-state index in [4.69, 9.17) is 5.73 Å². The van der Waals surface area contributed by atoms with E-state index in [1.165, 1.54) is 18.2 Å². The first-order chi connectivity index (χ1) is 9.99. The summed E-state index contributed by atoms with van der Waals surface area (Å²) in [5.41, 5.74) is 5.25. The van der Waals surface area contributed by atoms with Gasteiger partial charge in [-0.15, -0.1) is 11.3 Å². The zero-order valence-electron chi connectivity index (χ0n) is 10.9. The van der Waals surface area contributed by atoms with Gasteiger partial charge in [-0.2, -0.15) is 0 Å². The maximum Gasteiger partial charge on any atom is 0.368 e. The van der Waals surface area contributed by atoms with Crippen LogP contribution < -0.4 is 5.73 Å². The Morgan fingerprint density at radius 3 is 2.67 bits per heavy atom. The number of aryl methyl sites for hydroxylation is 1. The molecule has 0 aliphatic heterocycles. The van der Waals surface area contributed by atoms with Gasteiger partial charge in [-0.1, -0.05) is 17.3 Å². The van der Waals surface area contributed by atoms with Crippen LogP contribution in [0.1, 0.15) is 21.1 Å². The molecule has 0 radical (unpaired) electrons. The molecule has 21 heavy (non-hydrogen) atoms. The number of halogens is 1. The Kier molecular flexibility index (Phi) is 4.39. The number of aromatic nitrogens is 1. The van der Waals surface area contributed by atoms with Gasteiger partial charge in [-0.3, -0.25) is 4.79 Å². The standard InChI is InChI=1S/C13H10FN3O3S/c1-7-6-21-12(16-7)10(11(15)18)17-20-13(19)8-4-2-3-5-9(8)14/h2-6H,1H3,(H2,15,18)/b17-10+. The van der Waals surface area contributed by atoms with Gasteiger partial charge in [0.1, 0.15) is 5.82 Å². The first-order valence-electron chi connectivity index (χ1n) is 5.75. The third-order valence-electron chi connectivity index (χ3n) is 2.37. The van der Waals surface area contributed by atoms with E-state index < -0.39 is 17.7 Å². The van der Waals surface area contributed by atoms with Crippen molar-refractivity contribution in [3.8, 4) is 0 Å². The molecule has 8 heteroatoms. The smallest absolute Gasteiger partial charge is 0.364 e. The van der Waals surface area contributed by atoms with Crippen LogP contribution in [0.3, 0.4) is 0 Å². The number of thiazole rings is 1. The number of hydrogen-bond donors (Lipinski definition) is 1. The highest BCUT2D eigenvalue weighted by atomic mass is 32.1. The Labute approximate surface area is 123 Å². The molecule has 108 valence electrons. The molecular formula is C13H10FN3O3S. The van der Waals surface area contributed by atoms with Gasteiger partial charge >= 0.3 is 5.97 Å². The maximum atomic E-state index is 13.4. The molecule has 0 aliphatic rings. The lowest BCUT2D eigenvalue weighted by Crippen LogP contribution is -2.25. The van der Waals surface area contributed by atoms with Crippen molar-refractivity contribution in [3.05, 3.63) is 51.7 Å². The summed E-state index contributed by atoms with van der Waals surface area (Å²) in [4.78, 5) is 31.6. The molecule has 1 heterocycles. The molecule has 1 aromatic heterocycles. The number of primary amides is 1. The molecular weight excluding hydrogens is 297 g/mol. The first kappa shape index (κ1) is 14.8. The van der Waals surface area contributed by atoms with Gasteiger partial charge in [0.15, 0.2) is 5.01 Å². The van der Waals surface area contributed by atoms with E-state index >= 15 is 0 Å². The summed E-state index contributed by atoms with van der Waals surface area (Å²) < 4.78 is 13.4. The number of carbonyl (C=O) groups excluding carboxylic acids is 2. The van der Waals surface area contributed by atoms with Crippen LogP contribution in [0.15, 0.2) is 34.8 Å². The molecule has 0 saturated heterocycles. The van der Waals surface area contributed by atoms with E-state index in [1.54, 1.807) is 12.3 Å². The van der Waals surface area contributed by atoms with Crippen LogP contribution in [0.2, 0.25) is 0 Å². The quantitative estimate of drug-likeness (QED) is 0.527. The summed E-state index contributed by atoms with van der Waals surface area (Å²) in [5.74, 6) is -2.67. The van der Waals surface area contributed by atoms with Crippen LogP contribution in [-0.2, 0) is 9.63 Å². The normalized spacial score (nSPS) is 11.2. The molecule has 2 rings (SSSR count). The number of oxime groups is 1. The fourth-order valence-electron chi connectivity index (χ4n) is 1.42. The van der Waals surface area contributed by atoms with Crippen molar-refractivity contribution in [1.29, 1.82) is 0 Å². The molecule has 1 aromatic carbocycles. The van der Waals surface area contributed by atoms with E-state index in [-0.39, 0.29) is 16.3 Å². The Morgan fingerprint density at radius 2 is 2.10 bits per heavy atom. The van der Waals surface area contributed by atoms with Crippen molar-refractivity contribution in [1.82, 2.24) is 4.98 Å². The second-order valence-corrected chi connectivity index (χ2v) is 4.81. The van der Waals surface area contributed by atoms with E-state index in [9.17, 15) is 14.0 Å². The molecule has 2 aromatic rings. The average Bonchev–Trinajstić information content (AvgIpc) is 2.85. The van der Waals surface area contributed by atoms with Gasteiger partial charge in [0.25, 0.3) is 5.91 Å². The maximum absolute atomic E-state index is 13.4. The zero-order chi connectivity index (χ0) is 15.4. The van der Waals surface area contributed by atoms with Crippen molar-refractivity contribution < 1.29 is 18.8 Å². The van der Waals surface area contributed by atoms with Crippen molar-refractivity contribution in [2.45, 2.75) is 6.92 Å². The minimum atomic E-state index is -1.03. The van der Waals surface area contributed by atoms with Gasteiger partial charge < -0.3 is 10.6 Å². The fourth-order valence-corrected chi connectivity index (χ4v) is 2.20. The number of rotatable bonds is 4. The van der Waals surface area contributed by atoms with E-state index in [1.807, 2.05) is 0 Å².